The second-order valence-electron chi connectivity index (χ2n) is 3.85. The van der Waals surface area contributed by atoms with E-state index in [1.54, 1.807) is 6.26 Å². The van der Waals surface area contributed by atoms with Crippen LogP contribution in [0.5, 0.6) is 0 Å². The minimum Gasteiger partial charge on any atom is -0.467 e. The SMILES string of the molecule is Cc1nc2cc(NCc3ccco3)ccc2o1. The summed E-state index contributed by atoms with van der Waals surface area (Å²) in [5.74, 6) is 1.59. The fraction of sp³-hybridized carbons (Fsp3) is 0.154. The molecule has 0 aliphatic rings. The lowest BCUT2D eigenvalue weighted by Gasteiger charge is -2.03. The predicted molar refractivity (Wildman–Crippen MR) is 64.8 cm³/mol. The number of nitrogens with zero attached hydrogens (tertiary/aromatic N) is 1. The van der Waals surface area contributed by atoms with Crippen molar-refractivity contribution < 1.29 is 8.83 Å². The molecule has 0 saturated carbocycles. The molecule has 0 spiro atoms. The van der Waals surface area contributed by atoms with Gasteiger partial charge in [-0.15, -0.1) is 0 Å². The number of rotatable bonds is 3. The molecular weight excluding hydrogens is 216 g/mol. The molecule has 0 amide bonds. The van der Waals surface area contributed by atoms with Crippen molar-refractivity contribution in [2.24, 2.45) is 0 Å². The summed E-state index contributed by atoms with van der Waals surface area (Å²) in [6, 6.07) is 9.66. The second-order valence-corrected chi connectivity index (χ2v) is 3.85. The van der Waals surface area contributed by atoms with Gasteiger partial charge in [-0.1, -0.05) is 0 Å². The Hall–Kier alpha value is -2.23. The lowest BCUT2D eigenvalue weighted by molar-refractivity contribution is 0.518. The number of benzene rings is 1. The summed E-state index contributed by atoms with van der Waals surface area (Å²) in [5.41, 5.74) is 2.68. The summed E-state index contributed by atoms with van der Waals surface area (Å²) < 4.78 is 10.7. The van der Waals surface area contributed by atoms with Gasteiger partial charge in [0, 0.05) is 12.6 Å². The summed E-state index contributed by atoms with van der Waals surface area (Å²) in [5, 5.41) is 3.27. The number of furan rings is 1. The highest BCUT2D eigenvalue weighted by atomic mass is 16.3. The summed E-state index contributed by atoms with van der Waals surface area (Å²) in [7, 11) is 0. The Labute approximate surface area is 98.3 Å². The van der Waals surface area contributed by atoms with Crippen LogP contribution in [0.4, 0.5) is 5.69 Å². The van der Waals surface area contributed by atoms with Crippen LogP contribution < -0.4 is 5.32 Å². The van der Waals surface area contributed by atoms with E-state index in [4.69, 9.17) is 8.83 Å². The molecule has 0 radical (unpaired) electrons. The first-order valence-corrected chi connectivity index (χ1v) is 5.45. The molecule has 3 rings (SSSR count). The number of aryl methyl sites for hydroxylation is 1. The van der Waals surface area contributed by atoms with Gasteiger partial charge in [0.05, 0.1) is 12.8 Å². The first-order chi connectivity index (χ1) is 8.31. The smallest absolute Gasteiger partial charge is 0.192 e. The van der Waals surface area contributed by atoms with Gasteiger partial charge in [-0.25, -0.2) is 4.98 Å². The highest BCUT2D eigenvalue weighted by Crippen LogP contribution is 2.20. The molecule has 17 heavy (non-hydrogen) atoms. The van der Waals surface area contributed by atoms with E-state index in [2.05, 4.69) is 10.3 Å². The van der Waals surface area contributed by atoms with Crippen molar-refractivity contribution in [2.75, 3.05) is 5.32 Å². The number of aromatic nitrogens is 1. The van der Waals surface area contributed by atoms with Gasteiger partial charge in [0.15, 0.2) is 11.5 Å². The molecule has 1 aromatic carbocycles. The van der Waals surface area contributed by atoms with E-state index in [1.165, 1.54) is 0 Å². The second kappa shape index (κ2) is 3.97. The summed E-state index contributed by atoms with van der Waals surface area (Å²) >= 11 is 0. The van der Waals surface area contributed by atoms with Crippen LogP contribution in [0.3, 0.4) is 0 Å². The van der Waals surface area contributed by atoms with Crippen LogP contribution in [-0.2, 0) is 6.54 Å². The minimum atomic E-state index is 0.662. The first kappa shape index (κ1) is 9.96. The molecule has 4 nitrogen and oxygen atoms in total. The van der Waals surface area contributed by atoms with Crippen molar-refractivity contribution in [3.05, 3.63) is 48.2 Å². The molecule has 2 heterocycles. The average molecular weight is 228 g/mol. The van der Waals surface area contributed by atoms with Crippen molar-refractivity contribution in [1.82, 2.24) is 4.98 Å². The lowest BCUT2D eigenvalue weighted by Crippen LogP contribution is -1.97. The van der Waals surface area contributed by atoms with Gasteiger partial charge in [-0.3, -0.25) is 0 Å². The summed E-state index contributed by atoms with van der Waals surface area (Å²) in [6.45, 7) is 2.51. The van der Waals surface area contributed by atoms with Crippen molar-refractivity contribution >= 4 is 16.8 Å². The predicted octanol–water partition coefficient (Wildman–Crippen LogP) is 3.34. The van der Waals surface area contributed by atoms with Gasteiger partial charge in [-0.05, 0) is 30.3 Å². The van der Waals surface area contributed by atoms with E-state index in [-0.39, 0.29) is 0 Å². The van der Waals surface area contributed by atoms with Crippen molar-refractivity contribution in [3.63, 3.8) is 0 Å². The maximum Gasteiger partial charge on any atom is 0.192 e. The van der Waals surface area contributed by atoms with Gasteiger partial charge in [-0.2, -0.15) is 0 Å². The molecule has 0 aliphatic carbocycles. The van der Waals surface area contributed by atoms with Crippen molar-refractivity contribution in [3.8, 4) is 0 Å². The van der Waals surface area contributed by atoms with E-state index in [0.717, 1.165) is 22.5 Å². The molecule has 4 heteroatoms. The quantitative estimate of drug-likeness (QED) is 0.747. The van der Waals surface area contributed by atoms with E-state index in [0.29, 0.717) is 12.4 Å². The van der Waals surface area contributed by atoms with E-state index < -0.39 is 0 Å². The van der Waals surface area contributed by atoms with Crippen molar-refractivity contribution in [1.29, 1.82) is 0 Å². The van der Waals surface area contributed by atoms with Crippen molar-refractivity contribution in [2.45, 2.75) is 13.5 Å². The van der Waals surface area contributed by atoms with Gasteiger partial charge >= 0.3 is 0 Å². The van der Waals surface area contributed by atoms with E-state index in [9.17, 15) is 0 Å². The zero-order valence-corrected chi connectivity index (χ0v) is 9.43. The highest BCUT2D eigenvalue weighted by Gasteiger charge is 2.03. The van der Waals surface area contributed by atoms with Crippen LogP contribution in [0.25, 0.3) is 11.1 Å². The molecule has 0 atom stereocenters. The maximum atomic E-state index is 5.42. The molecule has 86 valence electrons. The first-order valence-electron chi connectivity index (χ1n) is 5.45. The Morgan fingerprint density at radius 3 is 3.06 bits per heavy atom. The Morgan fingerprint density at radius 2 is 2.24 bits per heavy atom. The molecule has 0 saturated heterocycles. The van der Waals surface area contributed by atoms with Gasteiger partial charge in [0.25, 0.3) is 0 Å². The lowest BCUT2D eigenvalue weighted by atomic mass is 10.3. The number of fused-ring (bicyclic) bond motifs is 1. The minimum absolute atomic E-state index is 0.662. The van der Waals surface area contributed by atoms with Crippen LogP contribution in [0.2, 0.25) is 0 Å². The van der Waals surface area contributed by atoms with Crippen LogP contribution in [0, 0.1) is 6.92 Å². The molecule has 1 N–H and O–H groups in total. The molecule has 0 aliphatic heterocycles. The number of anilines is 1. The topological polar surface area (TPSA) is 51.2 Å². The third-order valence-electron chi connectivity index (χ3n) is 2.54. The Bertz CT molecular complexity index is 626. The maximum absolute atomic E-state index is 5.42. The Morgan fingerprint density at radius 1 is 1.29 bits per heavy atom. The molecule has 2 aromatic heterocycles. The fourth-order valence-corrected chi connectivity index (χ4v) is 1.75. The fourth-order valence-electron chi connectivity index (χ4n) is 1.75. The summed E-state index contributed by atoms with van der Waals surface area (Å²) in [4.78, 5) is 4.29. The number of hydrogen-bond acceptors (Lipinski definition) is 4. The molecule has 0 bridgehead atoms. The molecule has 3 aromatic rings. The molecule has 0 fully saturated rings. The standard InChI is InChI=1S/C13H12N2O2/c1-9-15-12-7-10(4-5-13(12)17-9)14-8-11-3-2-6-16-11/h2-7,14H,8H2,1H3. The largest absolute Gasteiger partial charge is 0.467 e. The monoisotopic (exact) mass is 228 g/mol. The molecule has 0 unspecified atom stereocenters. The highest BCUT2D eigenvalue weighted by molar-refractivity contribution is 5.77. The zero-order chi connectivity index (χ0) is 11.7. The normalized spacial score (nSPS) is 10.9. The van der Waals surface area contributed by atoms with E-state index >= 15 is 0 Å². The van der Waals surface area contributed by atoms with Crippen LogP contribution in [0.1, 0.15) is 11.7 Å². The number of nitrogens with one attached hydrogen (secondary N) is 1. The number of oxazole rings is 1. The molecular formula is C13H12N2O2. The van der Waals surface area contributed by atoms with Gasteiger partial charge in [0.1, 0.15) is 11.3 Å². The third-order valence-corrected chi connectivity index (χ3v) is 2.54. The zero-order valence-electron chi connectivity index (χ0n) is 9.43. The van der Waals surface area contributed by atoms with Crippen LogP contribution in [-0.4, -0.2) is 4.98 Å². The van der Waals surface area contributed by atoms with Gasteiger partial charge < -0.3 is 14.2 Å². The Balaban J connectivity index is 1.81. The summed E-state index contributed by atoms with van der Waals surface area (Å²) in [6.07, 6.45) is 1.67. The third kappa shape index (κ3) is 2.01. The van der Waals surface area contributed by atoms with Crippen LogP contribution >= 0.6 is 0 Å². The van der Waals surface area contributed by atoms with Crippen LogP contribution in [0.15, 0.2) is 45.4 Å². The van der Waals surface area contributed by atoms with Gasteiger partial charge in [0.2, 0.25) is 0 Å². The Kier molecular flexibility index (Phi) is 2.33. The average Bonchev–Trinajstić information content (AvgIpc) is 2.92. The van der Waals surface area contributed by atoms with E-state index in [1.807, 2.05) is 37.3 Å². The number of hydrogen-bond donors (Lipinski definition) is 1.